The molecule has 2 aromatic rings. The van der Waals surface area contributed by atoms with E-state index in [0.29, 0.717) is 30.8 Å². The summed E-state index contributed by atoms with van der Waals surface area (Å²) in [4.78, 5) is 26.6. The van der Waals surface area contributed by atoms with Crippen LogP contribution in [0.5, 0.6) is 0 Å². The fourth-order valence-electron chi connectivity index (χ4n) is 3.77. The Kier molecular flexibility index (Phi) is 5.10. The molecule has 2 aliphatic rings. The predicted molar refractivity (Wildman–Crippen MR) is 105 cm³/mol. The molecule has 0 aliphatic carbocycles. The lowest BCUT2D eigenvalue weighted by atomic mass is 9.97. The zero-order valence-electron chi connectivity index (χ0n) is 15.5. The second kappa shape index (κ2) is 7.57. The fourth-order valence-corrected chi connectivity index (χ4v) is 5.29. The minimum atomic E-state index is -3.83. The second-order valence-electron chi connectivity index (χ2n) is 7.15. The van der Waals surface area contributed by atoms with Crippen LogP contribution in [0, 0.1) is 11.7 Å². The van der Waals surface area contributed by atoms with Gasteiger partial charge in [-0.05, 0) is 49.2 Å². The lowest BCUT2D eigenvalue weighted by Crippen LogP contribution is -2.50. The number of nitrogens with zero attached hydrogens (tertiary/aromatic N) is 2. The third-order valence-electron chi connectivity index (χ3n) is 5.22. The van der Waals surface area contributed by atoms with Crippen LogP contribution in [-0.4, -0.2) is 44.2 Å². The molecule has 0 unspecified atom stereocenters. The summed E-state index contributed by atoms with van der Waals surface area (Å²) in [6.07, 6.45) is 1.06. The van der Waals surface area contributed by atoms with Crippen molar-refractivity contribution >= 4 is 33.2 Å². The van der Waals surface area contributed by atoms with Gasteiger partial charge in [0.25, 0.3) is 0 Å². The van der Waals surface area contributed by atoms with Crippen molar-refractivity contribution < 1.29 is 22.4 Å². The molecular weight excluding hydrogens is 397 g/mol. The van der Waals surface area contributed by atoms with E-state index in [1.807, 2.05) is 0 Å². The first-order valence-corrected chi connectivity index (χ1v) is 10.8. The molecule has 1 N–H and O–H groups in total. The van der Waals surface area contributed by atoms with Crippen molar-refractivity contribution in [1.29, 1.82) is 0 Å². The van der Waals surface area contributed by atoms with Gasteiger partial charge in [0, 0.05) is 13.1 Å². The normalized spacial score (nSPS) is 20.1. The molecule has 1 atom stereocenters. The maximum Gasteiger partial charge on any atom is 0.244 e. The van der Waals surface area contributed by atoms with Crippen molar-refractivity contribution in [1.82, 2.24) is 4.31 Å². The largest absolute Gasteiger partial charge is 0.323 e. The van der Waals surface area contributed by atoms with Crippen molar-refractivity contribution in [3.8, 4) is 0 Å². The number of sulfonamides is 1. The van der Waals surface area contributed by atoms with Crippen LogP contribution in [0.3, 0.4) is 0 Å². The number of hydrogen-bond acceptors (Lipinski definition) is 4. The molecule has 29 heavy (non-hydrogen) atoms. The monoisotopic (exact) mass is 417 g/mol. The molecule has 1 fully saturated rings. The smallest absolute Gasteiger partial charge is 0.244 e. The molecule has 152 valence electrons. The average molecular weight is 417 g/mol. The fraction of sp³-hybridized carbons (Fsp3) is 0.300. The van der Waals surface area contributed by atoms with E-state index in [-0.39, 0.29) is 29.8 Å². The Balaban J connectivity index is 1.57. The summed E-state index contributed by atoms with van der Waals surface area (Å²) >= 11 is 0. The van der Waals surface area contributed by atoms with Crippen LogP contribution in [0.4, 0.5) is 15.8 Å². The zero-order valence-corrected chi connectivity index (χ0v) is 16.4. The Morgan fingerprint density at radius 2 is 1.83 bits per heavy atom. The van der Waals surface area contributed by atoms with Crippen LogP contribution in [-0.2, 0) is 19.6 Å². The van der Waals surface area contributed by atoms with E-state index in [1.165, 1.54) is 21.3 Å². The van der Waals surface area contributed by atoms with Gasteiger partial charge in [0.2, 0.25) is 21.8 Å². The first-order chi connectivity index (χ1) is 13.9. The molecule has 2 heterocycles. The van der Waals surface area contributed by atoms with Gasteiger partial charge in [-0.15, -0.1) is 0 Å². The summed E-state index contributed by atoms with van der Waals surface area (Å²) in [5.41, 5.74) is 1.17. The zero-order chi connectivity index (χ0) is 20.6. The van der Waals surface area contributed by atoms with Gasteiger partial charge in [-0.2, -0.15) is 4.31 Å². The molecule has 4 rings (SSSR count). The summed E-state index contributed by atoms with van der Waals surface area (Å²) in [6, 6.07) is 11.7. The topological polar surface area (TPSA) is 86.8 Å². The van der Waals surface area contributed by atoms with Crippen LogP contribution in [0.2, 0.25) is 0 Å². The van der Waals surface area contributed by atoms with E-state index in [9.17, 15) is 22.4 Å². The highest BCUT2D eigenvalue weighted by Crippen LogP contribution is 2.32. The number of fused-ring (bicyclic) bond motifs is 1. The molecule has 0 bridgehead atoms. The van der Waals surface area contributed by atoms with Crippen molar-refractivity contribution in [2.45, 2.75) is 17.7 Å². The molecule has 2 aliphatic heterocycles. The van der Waals surface area contributed by atoms with Gasteiger partial charge >= 0.3 is 0 Å². The van der Waals surface area contributed by atoms with Gasteiger partial charge in [-0.1, -0.05) is 12.1 Å². The van der Waals surface area contributed by atoms with Gasteiger partial charge in [-0.25, -0.2) is 12.8 Å². The second-order valence-corrected chi connectivity index (χ2v) is 9.08. The van der Waals surface area contributed by atoms with E-state index in [2.05, 4.69) is 5.32 Å². The SMILES string of the molecule is O=C1CN(C(=O)[C@H]2CCCN(S(=O)(=O)c3ccc(F)cc3)C2)c2ccccc2N1. The molecule has 1 saturated heterocycles. The van der Waals surface area contributed by atoms with Gasteiger partial charge in [0.15, 0.2) is 0 Å². The summed E-state index contributed by atoms with van der Waals surface area (Å²) in [5, 5.41) is 2.74. The van der Waals surface area contributed by atoms with E-state index in [0.717, 1.165) is 12.1 Å². The number of hydrogen-bond donors (Lipinski definition) is 1. The van der Waals surface area contributed by atoms with Gasteiger partial charge < -0.3 is 10.2 Å². The maximum atomic E-state index is 13.2. The Labute approximate surface area is 168 Å². The minimum absolute atomic E-state index is 0.00491. The molecule has 9 heteroatoms. The summed E-state index contributed by atoms with van der Waals surface area (Å²) in [7, 11) is -3.83. The third kappa shape index (κ3) is 3.75. The molecule has 0 spiro atoms. The Morgan fingerprint density at radius 1 is 1.10 bits per heavy atom. The molecule has 7 nitrogen and oxygen atoms in total. The third-order valence-corrected chi connectivity index (χ3v) is 7.10. The number of amides is 2. The van der Waals surface area contributed by atoms with Crippen molar-refractivity contribution in [3.05, 3.63) is 54.3 Å². The lowest BCUT2D eigenvalue weighted by Gasteiger charge is -2.36. The Bertz CT molecular complexity index is 1060. The molecule has 0 aromatic heterocycles. The van der Waals surface area contributed by atoms with Crippen LogP contribution >= 0.6 is 0 Å². The number of carbonyl (C=O) groups excluding carboxylic acids is 2. The number of nitrogens with one attached hydrogen (secondary N) is 1. The Hall–Kier alpha value is -2.78. The number of benzene rings is 2. The maximum absolute atomic E-state index is 13.2. The highest BCUT2D eigenvalue weighted by molar-refractivity contribution is 7.89. The molecule has 2 amide bonds. The predicted octanol–water partition coefficient (Wildman–Crippen LogP) is 2.21. The molecular formula is C20H20FN3O4S. The van der Waals surface area contributed by atoms with Crippen molar-refractivity contribution in [3.63, 3.8) is 0 Å². The van der Waals surface area contributed by atoms with Crippen LogP contribution in [0.25, 0.3) is 0 Å². The number of carbonyl (C=O) groups is 2. The van der Waals surface area contributed by atoms with Crippen molar-refractivity contribution in [2.24, 2.45) is 5.92 Å². The number of piperidine rings is 1. The number of para-hydroxylation sites is 2. The van der Waals surface area contributed by atoms with E-state index in [1.54, 1.807) is 24.3 Å². The molecule has 0 radical (unpaired) electrons. The number of halogens is 1. The highest BCUT2D eigenvalue weighted by Gasteiger charge is 2.37. The van der Waals surface area contributed by atoms with Crippen LogP contribution in [0.15, 0.2) is 53.4 Å². The highest BCUT2D eigenvalue weighted by atomic mass is 32.2. The standard InChI is InChI=1S/C20H20FN3O4S/c21-15-7-9-16(10-8-15)29(27,28)23-11-3-4-14(12-23)20(26)24-13-19(25)22-17-5-1-2-6-18(17)24/h1-2,5-10,14H,3-4,11-13H2,(H,22,25)/t14-/m0/s1. The van der Waals surface area contributed by atoms with Gasteiger partial charge in [0.1, 0.15) is 12.4 Å². The Morgan fingerprint density at radius 3 is 2.59 bits per heavy atom. The first-order valence-electron chi connectivity index (χ1n) is 9.32. The summed E-state index contributed by atoms with van der Waals surface area (Å²) in [6.45, 7) is 0.219. The number of rotatable bonds is 3. The van der Waals surface area contributed by atoms with Gasteiger partial charge in [0.05, 0.1) is 22.2 Å². The average Bonchev–Trinajstić information content (AvgIpc) is 2.73. The molecule has 2 aromatic carbocycles. The lowest BCUT2D eigenvalue weighted by molar-refractivity contribution is -0.125. The van der Waals surface area contributed by atoms with E-state index >= 15 is 0 Å². The van der Waals surface area contributed by atoms with E-state index < -0.39 is 21.8 Å². The quantitative estimate of drug-likeness (QED) is 0.830. The minimum Gasteiger partial charge on any atom is -0.323 e. The van der Waals surface area contributed by atoms with Crippen LogP contribution < -0.4 is 10.2 Å². The first kappa shape index (κ1) is 19.5. The van der Waals surface area contributed by atoms with Gasteiger partial charge in [-0.3, -0.25) is 9.59 Å². The summed E-state index contributed by atoms with van der Waals surface area (Å²) < 4.78 is 40.2. The van der Waals surface area contributed by atoms with E-state index in [4.69, 9.17) is 0 Å². The summed E-state index contributed by atoms with van der Waals surface area (Å²) in [5.74, 6) is -1.63. The number of anilines is 2. The van der Waals surface area contributed by atoms with Crippen LogP contribution in [0.1, 0.15) is 12.8 Å². The molecule has 0 saturated carbocycles. The van der Waals surface area contributed by atoms with Crippen molar-refractivity contribution in [2.75, 3.05) is 29.9 Å².